The Kier molecular flexibility index (Phi) is 5.55. The van der Waals surface area contributed by atoms with E-state index in [1.807, 2.05) is 0 Å². The Labute approximate surface area is 171 Å². The number of benzene rings is 2. The monoisotopic (exact) mass is 438 g/mol. The Morgan fingerprint density at radius 2 is 1.61 bits per heavy atom. The third kappa shape index (κ3) is 4.71. The lowest BCUT2D eigenvalue weighted by Gasteiger charge is -2.15. The second-order valence-corrected chi connectivity index (χ2v) is 6.62. The number of nitriles is 1. The van der Waals surface area contributed by atoms with Gasteiger partial charge >= 0.3 is 18.3 Å². The summed E-state index contributed by atoms with van der Waals surface area (Å²) < 4.78 is 80.1. The van der Waals surface area contributed by atoms with Crippen LogP contribution in [0.5, 0.6) is 0 Å². The van der Waals surface area contributed by atoms with E-state index >= 15 is 0 Å². The number of fused-ring (bicyclic) bond motifs is 1. The van der Waals surface area contributed by atoms with Crippen LogP contribution in [0.4, 0.5) is 26.3 Å². The highest BCUT2D eigenvalue weighted by Gasteiger charge is 2.36. The second kappa shape index (κ2) is 7.83. The molecule has 10 heteroatoms. The van der Waals surface area contributed by atoms with Crippen molar-refractivity contribution < 1.29 is 36.2 Å². The van der Waals surface area contributed by atoms with Crippen molar-refractivity contribution in [2.45, 2.75) is 18.9 Å². The van der Waals surface area contributed by atoms with Crippen LogP contribution in [-0.2, 0) is 23.7 Å². The van der Waals surface area contributed by atoms with Crippen LogP contribution in [-0.4, -0.2) is 15.6 Å². The van der Waals surface area contributed by atoms with Gasteiger partial charge in [0.25, 0.3) is 0 Å². The molecule has 31 heavy (non-hydrogen) atoms. The van der Waals surface area contributed by atoms with Gasteiger partial charge in [0.05, 0.1) is 11.1 Å². The Morgan fingerprint density at radius 3 is 2.13 bits per heavy atom. The van der Waals surface area contributed by atoms with Gasteiger partial charge in [-0.05, 0) is 35.9 Å². The minimum absolute atomic E-state index is 0.0531. The highest BCUT2D eigenvalue weighted by atomic mass is 19.4. The van der Waals surface area contributed by atoms with E-state index in [-0.39, 0.29) is 23.7 Å². The number of para-hydroxylation sites is 1. The summed E-state index contributed by atoms with van der Waals surface area (Å²) in [5.41, 5.74) is -2.92. The average Bonchev–Trinajstić information content (AvgIpc) is 3.01. The number of aliphatic carboxylic acids is 1. The standard InChI is InChI=1S/C21H12F6N2O2/c22-20(23,24)15-5-12(6-16(8-15)21(25,26)27)10-29-11-14(7-13(9-28)19(30)31)17-3-1-2-4-18(17)29/h1-8,11H,10H2,(H,30,31)/b13-7+. The third-order valence-corrected chi connectivity index (χ3v) is 4.47. The molecule has 4 nitrogen and oxygen atoms in total. The zero-order chi connectivity index (χ0) is 23.0. The molecule has 1 heterocycles. The predicted molar refractivity (Wildman–Crippen MR) is 98.7 cm³/mol. The topological polar surface area (TPSA) is 66.0 Å². The summed E-state index contributed by atoms with van der Waals surface area (Å²) in [7, 11) is 0. The van der Waals surface area contributed by atoms with Gasteiger partial charge in [-0.1, -0.05) is 18.2 Å². The first-order chi connectivity index (χ1) is 14.4. The highest BCUT2D eigenvalue weighted by Crippen LogP contribution is 2.37. The molecule has 3 rings (SSSR count). The summed E-state index contributed by atoms with van der Waals surface area (Å²) in [6, 6.07) is 9.27. The summed E-state index contributed by atoms with van der Waals surface area (Å²) in [6.45, 7) is -0.337. The van der Waals surface area contributed by atoms with E-state index in [1.54, 1.807) is 24.3 Å². The fourth-order valence-electron chi connectivity index (χ4n) is 3.13. The van der Waals surface area contributed by atoms with E-state index in [2.05, 4.69) is 0 Å². The van der Waals surface area contributed by atoms with Crippen LogP contribution in [0.15, 0.2) is 54.2 Å². The van der Waals surface area contributed by atoms with E-state index in [4.69, 9.17) is 10.4 Å². The molecule has 1 N–H and O–H groups in total. The van der Waals surface area contributed by atoms with Gasteiger partial charge in [0, 0.05) is 29.2 Å². The number of aromatic nitrogens is 1. The Morgan fingerprint density at radius 1 is 1.03 bits per heavy atom. The van der Waals surface area contributed by atoms with Gasteiger partial charge in [-0.25, -0.2) is 4.79 Å². The first-order valence-corrected chi connectivity index (χ1v) is 8.61. The van der Waals surface area contributed by atoms with Gasteiger partial charge in [0.15, 0.2) is 0 Å². The number of nitrogens with zero attached hydrogens (tertiary/aromatic N) is 2. The Bertz CT molecular complexity index is 1200. The van der Waals surface area contributed by atoms with E-state index in [0.29, 0.717) is 23.0 Å². The van der Waals surface area contributed by atoms with Crippen molar-refractivity contribution in [3.8, 4) is 6.07 Å². The fourth-order valence-corrected chi connectivity index (χ4v) is 3.13. The number of carbonyl (C=O) groups is 1. The molecule has 3 aromatic rings. The van der Waals surface area contributed by atoms with E-state index in [0.717, 1.165) is 6.08 Å². The van der Waals surface area contributed by atoms with Gasteiger partial charge in [0.2, 0.25) is 0 Å². The number of halogens is 6. The second-order valence-electron chi connectivity index (χ2n) is 6.62. The fraction of sp³-hybridized carbons (Fsp3) is 0.143. The first kappa shape index (κ1) is 22.0. The summed E-state index contributed by atoms with van der Waals surface area (Å²) in [5.74, 6) is -1.47. The Hall–Kier alpha value is -3.74. The van der Waals surface area contributed by atoms with Crippen molar-refractivity contribution in [2.75, 3.05) is 0 Å². The summed E-state index contributed by atoms with van der Waals surface area (Å²) in [5, 5.41) is 18.5. The molecule has 0 saturated carbocycles. The maximum absolute atomic E-state index is 13.1. The number of carboxylic acids is 1. The molecule has 0 aliphatic rings. The van der Waals surface area contributed by atoms with Gasteiger partial charge in [-0.3, -0.25) is 0 Å². The molecule has 0 unspecified atom stereocenters. The lowest BCUT2D eigenvalue weighted by atomic mass is 10.0. The van der Waals surface area contributed by atoms with Crippen LogP contribution in [0.3, 0.4) is 0 Å². The van der Waals surface area contributed by atoms with Crippen molar-refractivity contribution in [1.82, 2.24) is 4.57 Å². The van der Waals surface area contributed by atoms with Crippen LogP contribution in [0.1, 0.15) is 22.3 Å². The number of carboxylic acid groups (broad SMARTS) is 1. The van der Waals surface area contributed by atoms with E-state index in [9.17, 15) is 31.1 Å². The molecule has 0 aliphatic carbocycles. The third-order valence-electron chi connectivity index (χ3n) is 4.47. The first-order valence-electron chi connectivity index (χ1n) is 8.61. The van der Waals surface area contributed by atoms with Gasteiger partial charge in [-0.15, -0.1) is 0 Å². The lowest BCUT2D eigenvalue weighted by molar-refractivity contribution is -0.143. The zero-order valence-electron chi connectivity index (χ0n) is 15.4. The quantitative estimate of drug-likeness (QED) is 0.322. The average molecular weight is 438 g/mol. The van der Waals surface area contributed by atoms with Gasteiger partial charge in [0.1, 0.15) is 11.6 Å². The van der Waals surface area contributed by atoms with Crippen LogP contribution < -0.4 is 0 Å². The van der Waals surface area contributed by atoms with Crippen molar-refractivity contribution in [1.29, 1.82) is 5.26 Å². The molecule has 0 aliphatic heterocycles. The molecular formula is C21H12F6N2O2. The predicted octanol–water partition coefficient (Wildman–Crippen LogP) is 5.72. The van der Waals surface area contributed by atoms with Crippen LogP contribution in [0, 0.1) is 11.3 Å². The normalized spacial score (nSPS) is 12.7. The molecule has 0 amide bonds. The largest absolute Gasteiger partial charge is 0.477 e. The molecule has 2 aromatic carbocycles. The van der Waals surface area contributed by atoms with Crippen molar-refractivity contribution in [3.63, 3.8) is 0 Å². The number of rotatable bonds is 4. The van der Waals surface area contributed by atoms with Crippen LogP contribution in [0.2, 0.25) is 0 Å². The molecule has 0 fully saturated rings. The maximum Gasteiger partial charge on any atom is 0.416 e. The molecule has 160 valence electrons. The Balaban J connectivity index is 2.15. The van der Waals surface area contributed by atoms with Gasteiger partial charge in [-0.2, -0.15) is 31.6 Å². The number of hydrogen-bond donors (Lipinski definition) is 1. The zero-order valence-corrected chi connectivity index (χ0v) is 15.4. The summed E-state index contributed by atoms with van der Waals surface area (Å²) >= 11 is 0. The molecule has 1 aromatic heterocycles. The molecule has 0 bridgehead atoms. The van der Waals surface area contributed by atoms with Crippen LogP contribution >= 0.6 is 0 Å². The van der Waals surface area contributed by atoms with Crippen molar-refractivity contribution in [2.24, 2.45) is 0 Å². The molecule has 0 spiro atoms. The summed E-state index contributed by atoms with van der Waals surface area (Å²) in [4.78, 5) is 11.1. The minimum Gasteiger partial charge on any atom is -0.477 e. The summed E-state index contributed by atoms with van der Waals surface area (Å²) in [6.07, 6.45) is -7.47. The van der Waals surface area contributed by atoms with E-state index < -0.39 is 35.0 Å². The number of alkyl halides is 6. The van der Waals surface area contributed by atoms with Crippen molar-refractivity contribution >= 4 is 22.9 Å². The van der Waals surface area contributed by atoms with E-state index in [1.165, 1.54) is 16.8 Å². The number of hydrogen-bond acceptors (Lipinski definition) is 2. The minimum atomic E-state index is -4.97. The smallest absolute Gasteiger partial charge is 0.416 e. The van der Waals surface area contributed by atoms with Gasteiger partial charge < -0.3 is 9.67 Å². The molecule has 0 saturated heterocycles. The lowest BCUT2D eigenvalue weighted by Crippen LogP contribution is -2.12. The van der Waals surface area contributed by atoms with Crippen LogP contribution in [0.25, 0.3) is 17.0 Å². The molecule has 0 atom stereocenters. The molecule has 0 radical (unpaired) electrons. The SMILES string of the molecule is N#C/C(=C\c1cn(Cc2cc(C(F)(F)F)cc(C(F)(F)F)c2)c2ccccc12)C(=O)O. The molecular weight excluding hydrogens is 426 g/mol. The maximum atomic E-state index is 13.1. The van der Waals surface area contributed by atoms with Crippen molar-refractivity contribution in [3.05, 3.63) is 76.5 Å². The highest BCUT2D eigenvalue weighted by molar-refractivity contribution is 6.00.